The van der Waals surface area contributed by atoms with Gasteiger partial charge in [-0.3, -0.25) is 24.6 Å². The molecule has 1 fully saturated rings. The highest BCUT2D eigenvalue weighted by Crippen LogP contribution is 2.34. The number of unbranched alkanes of at least 4 members (excludes halogenated alkanes) is 1. The third kappa shape index (κ3) is 5.30. The monoisotopic (exact) mass is 463 g/mol. The average Bonchev–Trinajstić information content (AvgIpc) is 3.18. The summed E-state index contributed by atoms with van der Waals surface area (Å²) in [7, 11) is 0. The molecule has 180 valence electrons. The van der Waals surface area contributed by atoms with E-state index in [1.165, 1.54) is 18.4 Å². The van der Waals surface area contributed by atoms with Gasteiger partial charge in [-0.2, -0.15) is 0 Å². The van der Waals surface area contributed by atoms with Crippen molar-refractivity contribution in [2.45, 2.75) is 65.3 Å². The van der Waals surface area contributed by atoms with Crippen LogP contribution in [0.5, 0.6) is 5.75 Å². The van der Waals surface area contributed by atoms with Crippen molar-refractivity contribution in [3.63, 3.8) is 0 Å². The maximum absolute atomic E-state index is 13.0. The number of piperidine rings is 1. The van der Waals surface area contributed by atoms with E-state index in [1.54, 1.807) is 17.0 Å². The van der Waals surface area contributed by atoms with E-state index in [-0.39, 0.29) is 18.2 Å². The van der Waals surface area contributed by atoms with Crippen LogP contribution in [0.4, 0.5) is 0 Å². The maximum Gasteiger partial charge on any atom is 0.255 e. The number of hydrogen-bond donors (Lipinski definition) is 1. The standard InChI is InChI=1S/C27H33N3O4/c1-3-5-15-29(4-2)16-19-9-11-20(12-10-19)18-34-24-8-6-7-21-22(24)17-30(27(21)33)23-13-14-25(31)28-26(23)32/h6-12,23H,3-5,13-18H2,1-2H3,(H,28,31,32). The quantitative estimate of drug-likeness (QED) is 0.544. The molecule has 0 aromatic heterocycles. The summed E-state index contributed by atoms with van der Waals surface area (Å²) in [6.45, 7) is 8.22. The summed E-state index contributed by atoms with van der Waals surface area (Å²) in [4.78, 5) is 40.7. The number of amides is 3. The van der Waals surface area contributed by atoms with E-state index < -0.39 is 11.9 Å². The third-order valence-corrected chi connectivity index (χ3v) is 6.64. The van der Waals surface area contributed by atoms with Crippen LogP contribution in [0.1, 0.15) is 66.6 Å². The molecule has 7 heteroatoms. The van der Waals surface area contributed by atoms with Gasteiger partial charge in [-0.25, -0.2) is 0 Å². The minimum atomic E-state index is -0.627. The largest absolute Gasteiger partial charge is 0.489 e. The Morgan fingerprint density at radius 3 is 2.53 bits per heavy atom. The average molecular weight is 464 g/mol. The molecule has 0 spiro atoms. The lowest BCUT2D eigenvalue weighted by atomic mass is 10.0. The van der Waals surface area contributed by atoms with Crippen molar-refractivity contribution in [2.24, 2.45) is 0 Å². The Morgan fingerprint density at radius 1 is 1.06 bits per heavy atom. The Labute approximate surface area is 201 Å². The summed E-state index contributed by atoms with van der Waals surface area (Å²) in [5.41, 5.74) is 3.70. The van der Waals surface area contributed by atoms with E-state index in [2.05, 4.69) is 48.3 Å². The van der Waals surface area contributed by atoms with Gasteiger partial charge in [0.2, 0.25) is 11.8 Å². The normalized spacial score (nSPS) is 17.8. The van der Waals surface area contributed by atoms with Gasteiger partial charge in [0.05, 0.1) is 6.54 Å². The van der Waals surface area contributed by atoms with E-state index in [0.29, 0.717) is 30.9 Å². The smallest absolute Gasteiger partial charge is 0.255 e. The molecule has 2 aromatic rings. The predicted molar refractivity (Wildman–Crippen MR) is 129 cm³/mol. The zero-order chi connectivity index (χ0) is 24.1. The van der Waals surface area contributed by atoms with Crippen LogP contribution in [0.2, 0.25) is 0 Å². The SMILES string of the molecule is CCCCN(CC)Cc1ccc(COc2cccc3c2CN(C2CCC(=O)NC2=O)C3=O)cc1. The van der Waals surface area contributed by atoms with Crippen molar-refractivity contribution in [1.29, 1.82) is 0 Å². The first-order valence-electron chi connectivity index (χ1n) is 12.2. The van der Waals surface area contributed by atoms with Gasteiger partial charge in [-0.05, 0) is 49.2 Å². The van der Waals surface area contributed by atoms with E-state index >= 15 is 0 Å². The van der Waals surface area contributed by atoms with Crippen molar-refractivity contribution < 1.29 is 19.1 Å². The summed E-state index contributed by atoms with van der Waals surface area (Å²) in [5, 5.41) is 2.34. The second-order valence-electron chi connectivity index (χ2n) is 9.01. The van der Waals surface area contributed by atoms with E-state index in [4.69, 9.17) is 4.74 Å². The van der Waals surface area contributed by atoms with Crippen molar-refractivity contribution in [3.8, 4) is 5.75 Å². The molecule has 0 aliphatic carbocycles. The fourth-order valence-corrected chi connectivity index (χ4v) is 4.58. The molecule has 0 bridgehead atoms. The number of imide groups is 1. The van der Waals surface area contributed by atoms with E-state index in [9.17, 15) is 14.4 Å². The summed E-state index contributed by atoms with van der Waals surface area (Å²) in [6, 6.07) is 13.3. The Morgan fingerprint density at radius 2 is 1.82 bits per heavy atom. The van der Waals surface area contributed by atoms with Crippen molar-refractivity contribution in [2.75, 3.05) is 13.1 Å². The Balaban J connectivity index is 1.39. The van der Waals surface area contributed by atoms with Gasteiger partial charge in [-0.1, -0.05) is 50.6 Å². The molecule has 7 nitrogen and oxygen atoms in total. The highest BCUT2D eigenvalue weighted by molar-refractivity contribution is 6.05. The Kier molecular flexibility index (Phi) is 7.63. The highest BCUT2D eigenvalue weighted by Gasteiger charge is 2.40. The van der Waals surface area contributed by atoms with Gasteiger partial charge in [0.25, 0.3) is 5.91 Å². The van der Waals surface area contributed by atoms with Crippen LogP contribution in [0, 0.1) is 0 Å². The minimum absolute atomic E-state index is 0.192. The number of rotatable bonds is 10. The summed E-state index contributed by atoms with van der Waals surface area (Å²) in [6.07, 6.45) is 3.00. The fourth-order valence-electron chi connectivity index (χ4n) is 4.58. The Bertz CT molecular complexity index is 1050. The molecule has 34 heavy (non-hydrogen) atoms. The fraction of sp³-hybridized carbons (Fsp3) is 0.444. The molecule has 4 rings (SSSR count). The zero-order valence-electron chi connectivity index (χ0n) is 20.0. The lowest BCUT2D eigenvalue weighted by Gasteiger charge is -2.29. The molecule has 0 radical (unpaired) electrons. The van der Waals surface area contributed by atoms with Crippen LogP contribution in [-0.4, -0.2) is 46.7 Å². The van der Waals surface area contributed by atoms with E-state index in [0.717, 1.165) is 30.8 Å². The van der Waals surface area contributed by atoms with Crippen LogP contribution in [0.25, 0.3) is 0 Å². The molecule has 2 heterocycles. The first-order chi connectivity index (χ1) is 16.5. The van der Waals surface area contributed by atoms with Gasteiger partial charge in [-0.15, -0.1) is 0 Å². The lowest BCUT2D eigenvalue weighted by molar-refractivity contribution is -0.136. The molecule has 1 N–H and O–H groups in total. The molecule has 2 aliphatic rings. The number of ether oxygens (including phenoxy) is 1. The van der Waals surface area contributed by atoms with E-state index in [1.807, 2.05) is 6.07 Å². The molecule has 2 aliphatic heterocycles. The van der Waals surface area contributed by atoms with Gasteiger partial charge < -0.3 is 9.64 Å². The predicted octanol–water partition coefficient (Wildman–Crippen LogP) is 3.65. The summed E-state index contributed by atoms with van der Waals surface area (Å²) < 4.78 is 6.11. The second-order valence-corrected chi connectivity index (χ2v) is 9.01. The molecule has 1 unspecified atom stereocenters. The topological polar surface area (TPSA) is 79.0 Å². The van der Waals surface area contributed by atoms with Crippen LogP contribution >= 0.6 is 0 Å². The molecule has 3 amide bonds. The number of fused-ring (bicyclic) bond motifs is 1. The van der Waals surface area contributed by atoms with Gasteiger partial charge >= 0.3 is 0 Å². The number of hydrogen-bond acceptors (Lipinski definition) is 5. The van der Waals surface area contributed by atoms with Crippen LogP contribution in [0.15, 0.2) is 42.5 Å². The van der Waals surface area contributed by atoms with Crippen LogP contribution in [0.3, 0.4) is 0 Å². The number of carbonyl (C=O) groups is 3. The summed E-state index contributed by atoms with van der Waals surface area (Å²) >= 11 is 0. The lowest BCUT2D eigenvalue weighted by Crippen LogP contribution is -2.52. The molecular weight excluding hydrogens is 430 g/mol. The highest BCUT2D eigenvalue weighted by atomic mass is 16.5. The number of benzene rings is 2. The molecule has 0 saturated carbocycles. The van der Waals surface area contributed by atoms with Gasteiger partial charge in [0.1, 0.15) is 18.4 Å². The van der Waals surface area contributed by atoms with Crippen LogP contribution < -0.4 is 10.1 Å². The first-order valence-corrected chi connectivity index (χ1v) is 12.2. The van der Waals surface area contributed by atoms with Crippen LogP contribution in [-0.2, 0) is 29.3 Å². The Hall–Kier alpha value is -3.19. The summed E-state index contributed by atoms with van der Waals surface area (Å²) in [5.74, 6) is -0.232. The first kappa shape index (κ1) is 24.0. The molecule has 2 aromatic carbocycles. The second kappa shape index (κ2) is 10.8. The third-order valence-electron chi connectivity index (χ3n) is 6.64. The molecule has 1 atom stereocenters. The maximum atomic E-state index is 13.0. The van der Waals surface area contributed by atoms with Gasteiger partial charge in [0, 0.05) is 24.1 Å². The number of nitrogens with zero attached hydrogens (tertiary/aromatic N) is 2. The minimum Gasteiger partial charge on any atom is -0.489 e. The molecular formula is C27H33N3O4. The van der Waals surface area contributed by atoms with Crippen molar-refractivity contribution >= 4 is 17.7 Å². The van der Waals surface area contributed by atoms with Crippen molar-refractivity contribution in [3.05, 3.63) is 64.7 Å². The number of nitrogens with one attached hydrogen (secondary N) is 1. The molecule has 1 saturated heterocycles. The number of carbonyl (C=O) groups excluding carboxylic acids is 3. The zero-order valence-corrected chi connectivity index (χ0v) is 20.0. The van der Waals surface area contributed by atoms with Gasteiger partial charge in [0.15, 0.2) is 0 Å². The van der Waals surface area contributed by atoms with Crippen molar-refractivity contribution in [1.82, 2.24) is 15.1 Å².